The SMILES string of the molecule is CCCC1CCN(S(=O)(=O)C(C)CNCC)C1. The fraction of sp³-hybridized carbons (Fsp3) is 1.00. The average Bonchev–Trinajstić information content (AvgIpc) is 2.75. The minimum Gasteiger partial charge on any atom is -0.316 e. The predicted octanol–water partition coefficient (Wildman–Crippen LogP) is 1.44. The van der Waals surface area contributed by atoms with Gasteiger partial charge in [-0.1, -0.05) is 20.3 Å². The van der Waals surface area contributed by atoms with Crippen LogP contribution < -0.4 is 5.32 Å². The number of sulfonamides is 1. The monoisotopic (exact) mass is 262 g/mol. The average molecular weight is 262 g/mol. The summed E-state index contributed by atoms with van der Waals surface area (Å²) in [7, 11) is -3.09. The molecule has 2 unspecified atom stereocenters. The second-order valence-corrected chi connectivity index (χ2v) is 7.32. The minimum absolute atomic E-state index is 0.317. The van der Waals surface area contributed by atoms with E-state index in [0.29, 0.717) is 19.0 Å². The maximum Gasteiger partial charge on any atom is 0.217 e. The Bertz CT molecular complexity index is 316. The van der Waals surface area contributed by atoms with Crippen molar-refractivity contribution in [3.8, 4) is 0 Å². The van der Waals surface area contributed by atoms with Crippen molar-refractivity contribution >= 4 is 10.0 Å². The van der Waals surface area contributed by atoms with Gasteiger partial charge in [-0.3, -0.25) is 0 Å². The molecular weight excluding hydrogens is 236 g/mol. The molecule has 0 aliphatic carbocycles. The Morgan fingerprint density at radius 2 is 2.12 bits per heavy atom. The van der Waals surface area contributed by atoms with Crippen molar-refractivity contribution in [3.63, 3.8) is 0 Å². The van der Waals surface area contributed by atoms with Gasteiger partial charge in [0.05, 0.1) is 5.25 Å². The van der Waals surface area contributed by atoms with Gasteiger partial charge in [0.2, 0.25) is 10.0 Å². The smallest absolute Gasteiger partial charge is 0.217 e. The molecule has 1 saturated heterocycles. The van der Waals surface area contributed by atoms with Gasteiger partial charge in [0.25, 0.3) is 0 Å². The molecule has 1 heterocycles. The third-order valence-corrected chi connectivity index (χ3v) is 5.73. The molecule has 17 heavy (non-hydrogen) atoms. The Morgan fingerprint density at radius 1 is 1.41 bits per heavy atom. The van der Waals surface area contributed by atoms with Crippen LogP contribution in [0.15, 0.2) is 0 Å². The van der Waals surface area contributed by atoms with E-state index < -0.39 is 10.0 Å². The predicted molar refractivity (Wildman–Crippen MR) is 71.5 cm³/mol. The van der Waals surface area contributed by atoms with Gasteiger partial charge in [-0.15, -0.1) is 0 Å². The highest BCUT2D eigenvalue weighted by molar-refractivity contribution is 7.89. The lowest BCUT2D eigenvalue weighted by molar-refractivity contribution is 0.436. The number of rotatable bonds is 7. The Labute approximate surface area is 106 Å². The van der Waals surface area contributed by atoms with Crippen LogP contribution in [0, 0.1) is 5.92 Å². The van der Waals surface area contributed by atoms with Crippen LogP contribution in [0.5, 0.6) is 0 Å². The molecule has 1 fully saturated rings. The lowest BCUT2D eigenvalue weighted by Gasteiger charge is -2.21. The van der Waals surface area contributed by atoms with Crippen LogP contribution in [0.3, 0.4) is 0 Å². The highest BCUT2D eigenvalue weighted by Gasteiger charge is 2.34. The number of nitrogens with one attached hydrogen (secondary N) is 1. The van der Waals surface area contributed by atoms with Crippen LogP contribution in [0.4, 0.5) is 0 Å². The zero-order valence-electron chi connectivity index (χ0n) is 11.3. The van der Waals surface area contributed by atoms with Crippen LogP contribution >= 0.6 is 0 Å². The molecule has 1 rings (SSSR count). The molecule has 1 N–H and O–H groups in total. The molecule has 4 nitrogen and oxygen atoms in total. The molecule has 0 spiro atoms. The highest BCUT2D eigenvalue weighted by Crippen LogP contribution is 2.24. The molecule has 0 aromatic rings. The fourth-order valence-corrected chi connectivity index (χ4v) is 4.00. The van der Waals surface area contributed by atoms with E-state index in [2.05, 4.69) is 12.2 Å². The van der Waals surface area contributed by atoms with Gasteiger partial charge in [-0.2, -0.15) is 0 Å². The van der Waals surface area contributed by atoms with E-state index in [-0.39, 0.29) is 5.25 Å². The summed E-state index contributed by atoms with van der Waals surface area (Å²) in [6.45, 7) is 8.75. The van der Waals surface area contributed by atoms with E-state index >= 15 is 0 Å². The molecule has 0 aromatic heterocycles. The van der Waals surface area contributed by atoms with Crippen molar-refractivity contribution in [2.45, 2.75) is 45.3 Å². The van der Waals surface area contributed by atoms with Crippen LogP contribution in [0.25, 0.3) is 0 Å². The van der Waals surface area contributed by atoms with Crippen molar-refractivity contribution in [2.24, 2.45) is 5.92 Å². The maximum atomic E-state index is 12.3. The topological polar surface area (TPSA) is 49.4 Å². The van der Waals surface area contributed by atoms with E-state index in [0.717, 1.165) is 32.4 Å². The summed E-state index contributed by atoms with van der Waals surface area (Å²) in [5, 5.41) is 2.79. The first-order valence-electron chi connectivity index (χ1n) is 6.72. The summed E-state index contributed by atoms with van der Waals surface area (Å²) in [4.78, 5) is 0. The van der Waals surface area contributed by atoms with Crippen molar-refractivity contribution in [3.05, 3.63) is 0 Å². The van der Waals surface area contributed by atoms with Gasteiger partial charge >= 0.3 is 0 Å². The molecule has 1 aliphatic heterocycles. The first-order chi connectivity index (χ1) is 8.02. The third-order valence-electron chi connectivity index (χ3n) is 3.50. The third kappa shape index (κ3) is 3.93. The largest absolute Gasteiger partial charge is 0.316 e. The summed E-state index contributed by atoms with van der Waals surface area (Å²) in [5.74, 6) is 0.570. The summed E-state index contributed by atoms with van der Waals surface area (Å²) >= 11 is 0. The van der Waals surface area contributed by atoms with E-state index in [1.54, 1.807) is 11.2 Å². The Kier molecular flexibility index (Phi) is 5.89. The van der Waals surface area contributed by atoms with Crippen LogP contribution in [0.2, 0.25) is 0 Å². The van der Waals surface area contributed by atoms with Crippen LogP contribution in [-0.4, -0.2) is 44.2 Å². The van der Waals surface area contributed by atoms with Gasteiger partial charge in [-0.25, -0.2) is 12.7 Å². The number of hydrogen-bond donors (Lipinski definition) is 1. The highest BCUT2D eigenvalue weighted by atomic mass is 32.2. The lowest BCUT2D eigenvalue weighted by atomic mass is 10.0. The standard InChI is InChI=1S/C12H26N2O2S/c1-4-6-12-7-8-14(10-12)17(15,16)11(3)9-13-5-2/h11-13H,4-10H2,1-3H3. The van der Waals surface area contributed by atoms with E-state index in [1.807, 2.05) is 6.92 Å². The number of hydrogen-bond acceptors (Lipinski definition) is 3. The summed E-state index contributed by atoms with van der Waals surface area (Å²) in [6.07, 6.45) is 3.32. The van der Waals surface area contributed by atoms with E-state index in [1.165, 1.54) is 0 Å². The van der Waals surface area contributed by atoms with E-state index in [9.17, 15) is 8.42 Å². The molecule has 0 amide bonds. The Balaban J connectivity index is 2.53. The second kappa shape index (κ2) is 6.71. The summed E-state index contributed by atoms with van der Waals surface area (Å²) in [6, 6.07) is 0. The first-order valence-corrected chi connectivity index (χ1v) is 8.22. The fourth-order valence-electron chi connectivity index (χ4n) is 2.38. The van der Waals surface area contributed by atoms with Crippen LogP contribution in [-0.2, 0) is 10.0 Å². The lowest BCUT2D eigenvalue weighted by Crippen LogP contribution is -2.41. The molecule has 102 valence electrons. The molecule has 0 bridgehead atoms. The zero-order valence-corrected chi connectivity index (χ0v) is 12.1. The second-order valence-electron chi connectivity index (χ2n) is 4.96. The van der Waals surface area contributed by atoms with Gasteiger partial charge in [-0.05, 0) is 32.2 Å². The molecule has 2 atom stereocenters. The molecular formula is C12H26N2O2S. The van der Waals surface area contributed by atoms with Crippen LogP contribution in [0.1, 0.15) is 40.0 Å². The molecule has 5 heteroatoms. The van der Waals surface area contributed by atoms with Gasteiger partial charge in [0.1, 0.15) is 0 Å². The quantitative estimate of drug-likeness (QED) is 0.755. The summed E-state index contributed by atoms with van der Waals surface area (Å²) in [5.41, 5.74) is 0. The Hall–Kier alpha value is -0.130. The minimum atomic E-state index is -3.09. The van der Waals surface area contributed by atoms with Gasteiger partial charge in [0.15, 0.2) is 0 Å². The normalized spacial score (nSPS) is 24.1. The number of nitrogens with zero attached hydrogens (tertiary/aromatic N) is 1. The maximum absolute atomic E-state index is 12.3. The molecule has 0 aromatic carbocycles. The molecule has 0 saturated carbocycles. The van der Waals surface area contributed by atoms with Crippen molar-refractivity contribution in [1.82, 2.24) is 9.62 Å². The van der Waals surface area contributed by atoms with Crippen molar-refractivity contribution < 1.29 is 8.42 Å². The Morgan fingerprint density at radius 3 is 2.71 bits per heavy atom. The first kappa shape index (κ1) is 14.9. The summed E-state index contributed by atoms with van der Waals surface area (Å²) < 4.78 is 26.2. The zero-order chi connectivity index (χ0) is 12.9. The molecule has 0 radical (unpaired) electrons. The van der Waals surface area contributed by atoms with Crippen molar-refractivity contribution in [1.29, 1.82) is 0 Å². The van der Waals surface area contributed by atoms with E-state index in [4.69, 9.17) is 0 Å². The van der Waals surface area contributed by atoms with Gasteiger partial charge < -0.3 is 5.32 Å². The van der Waals surface area contributed by atoms with Crippen molar-refractivity contribution in [2.75, 3.05) is 26.2 Å². The van der Waals surface area contributed by atoms with Gasteiger partial charge in [0, 0.05) is 19.6 Å². The molecule has 1 aliphatic rings.